The number of phenols is 1. The maximum Gasteiger partial charge on any atom is 0.121 e. The fraction of sp³-hybridized carbons (Fsp3) is 0.455. The van der Waals surface area contributed by atoms with Crippen molar-refractivity contribution in [2.75, 3.05) is 13.2 Å². The zero-order valence-electron chi connectivity index (χ0n) is 8.71. The van der Waals surface area contributed by atoms with Crippen LogP contribution in [0, 0.1) is 13.8 Å². The lowest BCUT2D eigenvalue weighted by atomic mass is 10.1. The van der Waals surface area contributed by atoms with Gasteiger partial charge in [-0.05, 0) is 50.1 Å². The molecule has 0 spiro atoms. The van der Waals surface area contributed by atoms with Crippen molar-refractivity contribution in [2.45, 2.75) is 20.3 Å². The standard InChI is InChI=1S/C11H17NO2/c1-8-6-10(14-5-3-4-12)7-9(2)11(8)13/h6-7,13H,3-5,12H2,1-2H3. The van der Waals surface area contributed by atoms with E-state index in [0.717, 1.165) is 23.3 Å². The van der Waals surface area contributed by atoms with E-state index in [-0.39, 0.29) is 0 Å². The third-order valence-corrected chi connectivity index (χ3v) is 2.08. The summed E-state index contributed by atoms with van der Waals surface area (Å²) in [6, 6.07) is 3.66. The van der Waals surface area contributed by atoms with E-state index in [2.05, 4.69) is 0 Å². The van der Waals surface area contributed by atoms with Crippen LogP contribution in [0.4, 0.5) is 0 Å². The van der Waals surface area contributed by atoms with Crippen LogP contribution in [0.1, 0.15) is 17.5 Å². The summed E-state index contributed by atoms with van der Waals surface area (Å²) in [5.41, 5.74) is 7.04. The number of phenolic OH excluding ortho intramolecular Hbond substituents is 1. The maximum absolute atomic E-state index is 9.53. The summed E-state index contributed by atoms with van der Waals surface area (Å²) in [6.07, 6.45) is 0.846. The molecule has 1 rings (SSSR count). The Morgan fingerprint density at radius 1 is 1.29 bits per heavy atom. The number of nitrogens with two attached hydrogens (primary N) is 1. The minimum absolute atomic E-state index is 0.344. The lowest BCUT2D eigenvalue weighted by Gasteiger charge is -2.09. The first-order valence-corrected chi connectivity index (χ1v) is 4.78. The smallest absolute Gasteiger partial charge is 0.121 e. The van der Waals surface area contributed by atoms with Gasteiger partial charge in [0.15, 0.2) is 0 Å². The molecule has 0 aliphatic rings. The summed E-state index contributed by atoms with van der Waals surface area (Å²) < 4.78 is 5.47. The van der Waals surface area contributed by atoms with Crippen molar-refractivity contribution in [1.82, 2.24) is 0 Å². The van der Waals surface area contributed by atoms with Crippen molar-refractivity contribution in [3.63, 3.8) is 0 Å². The molecule has 0 heterocycles. The Labute approximate surface area is 84.5 Å². The van der Waals surface area contributed by atoms with Crippen LogP contribution in [0.2, 0.25) is 0 Å². The van der Waals surface area contributed by atoms with Gasteiger partial charge in [0.05, 0.1) is 6.61 Å². The molecule has 0 amide bonds. The number of hydrogen-bond acceptors (Lipinski definition) is 3. The van der Waals surface area contributed by atoms with Gasteiger partial charge in [0.25, 0.3) is 0 Å². The molecule has 0 aliphatic heterocycles. The van der Waals surface area contributed by atoms with Crippen LogP contribution in [0.25, 0.3) is 0 Å². The van der Waals surface area contributed by atoms with Gasteiger partial charge in [-0.3, -0.25) is 0 Å². The third-order valence-electron chi connectivity index (χ3n) is 2.08. The fourth-order valence-electron chi connectivity index (χ4n) is 1.27. The van der Waals surface area contributed by atoms with Gasteiger partial charge in [-0.25, -0.2) is 0 Å². The largest absolute Gasteiger partial charge is 0.507 e. The number of rotatable bonds is 4. The Hall–Kier alpha value is -1.22. The topological polar surface area (TPSA) is 55.5 Å². The van der Waals surface area contributed by atoms with Crippen LogP contribution in [-0.4, -0.2) is 18.3 Å². The second kappa shape index (κ2) is 4.86. The molecular formula is C11H17NO2. The first kappa shape index (κ1) is 10.9. The zero-order valence-corrected chi connectivity index (χ0v) is 8.71. The predicted octanol–water partition coefficient (Wildman–Crippen LogP) is 1.74. The van der Waals surface area contributed by atoms with E-state index in [1.807, 2.05) is 26.0 Å². The van der Waals surface area contributed by atoms with Gasteiger partial charge in [0, 0.05) is 0 Å². The Morgan fingerprint density at radius 3 is 2.36 bits per heavy atom. The summed E-state index contributed by atoms with van der Waals surface area (Å²) in [5.74, 6) is 1.14. The molecule has 0 radical (unpaired) electrons. The third kappa shape index (κ3) is 2.64. The molecule has 0 aromatic heterocycles. The highest BCUT2D eigenvalue weighted by Crippen LogP contribution is 2.26. The summed E-state index contributed by atoms with van der Waals surface area (Å²) in [6.45, 7) is 4.98. The van der Waals surface area contributed by atoms with E-state index >= 15 is 0 Å². The molecular weight excluding hydrogens is 178 g/mol. The van der Waals surface area contributed by atoms with Crippen LogP contribution >= 0.6 is 0 Å². The lowest BCUT2D eigenvalue weighted by molar-refractivity contribution is 0.312. The SMILES string of the molecule is Cc1cc(OCCCN)cc(C)c1O. The maximum atomic E-state index is 9.53. The minimum atomic E-state index is 0.344. The van der Waals surface area contributed by atoms with Gasteiger partial charge in [-0.2, -0.15) is 0 Å². The van der Waals surface area contributed by atoms with Gasteiger partial charge in [0.1, 0.15) is 11.5 Å². The minimum Gasteiger partial charge on any atom is -0.507 e. The summed E-state index contributed by atoms with van der Waals surface area (Å²) in [5, 5.41) is 9.53. The predicted molar refractivity (Wildman–Crippen MR) is 56.7 cm³/mol. The number of ether oxygens (including phenoxy) is 1. The van der Waals surface area contributed by atoms with Crippen LogP contribution in [0.5, 0.6) is 11.5 Å². The quantitative estimate of drug-likeness (QED) is 0.719. The molecule has 0 fully saturated rings. The average Bonchev–Trinajstić information content (AvgIpc) is 2.14. The highest BCUT2D eigenvalue weighted by atomic mass is 16.5. The molecule has 3 N–H and O–H groups in total. The van der Waals surface area contributed by atoms with Gasteiger partial charge in [0.2, 0.25) is 0 Å². The summed E-state index contributed by atoms with van der Waals surface area (Å²) in [4.78, 5) is 0. The van der Waals surface area contributed by atoms with Crippen LogP contribution < -0.4 is 10.5 Å². The van der Waals surface area contributed by atoms with Crippen LogP contribution in [-0.2, 0) is 0 Å². The highest BCUT2D eigenvalue weighted by Gasteiger charge is 2.03. The summed E-state index contributed by atoms with van der Waals surface area (Å²) in [7, 11) is 0. The van der Waals surface area contributed by atoms with Crippen molar-refractivity contribution >= 4 is 0 Å². The Morgan fingerprint density at radius 2 is 1.86 bits per heavy atom. The second-order valence-corrected chi connectivity index (χ2v) is 3.40. The molecule has 0 atom stereocenters. The zero-order chi connectivity index (χ0) is 10.6. The van der Waals surface area contributed by atoms with Crippen molar-refractivity contribution in [3.05, 3.63) is 23.3 Å². The lowest BCUT2D eigenvalue weighted by Crippen LogP contribution is -2.06. The number of hydrogen-bond donors (Lipinski definition) is 2. The van der Waals surface area contributed by atoms with Crippen LogP contribution in [0.3, 0.4) is 0 Å². The Kier molecular flexibility index (Phi) is 3.77. The van der Waals surface area contributed by atoms with Crippen molar-refractivity contribution in [1.29, 1.82) is 0 Å². The van der Waals surface area contributed by atoms with E-state index in [1.54, 1.807) is 0 Å². The molecule has 0 unspecified atom stereocenters. The molecule has 0 bridgehead atoms. The second-order valence-electron chi connectivity index (χ2n) is 3.40. The van der Waals surface area contributed by atoms with Gasteiger partial charge in [-0.15, -0.1) is 0 Å². The Balaban J connectivity index is 2.69. The average molecular weight is 195 g/mol. The van der Waals surface area contributed by atoms with Gasteiger partial charge < -0.3 is 15.6 Å². The van der Waals surface area contributed by atoms with Crippen molar-refractivity contribution in [2.24, 2.45) is 5.73 Å². The van der Waals surface area contributed by atoms with E-state index in [4.69, 9.17) is 10.5 Å². The van der Waals surface area contributed by atoms with Gasteiger partial charge in [-0.1, -0.05) is 0 Å². The normalized spacial score (nSPS) is 10.2. The molecule has 1 aromatic carbocycles. The molecule has 0 saturated heterocycles. The van der Waals surface area contributed by atoms with Crippen molar-refractivity contribution in [3.8, 4) is 11.5 Å². The number of aryl methyl sites for hydroxylation is 2. The highest BCUT2D eigenvalue weighted by molar-refractivity contribution is 5.44. The molecule has 78 valence electrons. The first-order valence-electron chi connectivity index (χ1n) is 4.78. The van der Waals surface area contributed by atoms with E-state index in [1.165, 1.54) is 0 Å². The van der Waals surface area contributed by atoms with Crippen LogP contribution in [0.15, 0.2) is 12.1 Å². The molecule has 1 aromatic rings. The monoisotopic (exact) mass is 195 g/mol. The number of aromatic hydroxyl groups is 1. The molecule has 3 heteroatoms. The van der Waals surface area contributed by atoms with Gasteiger partial charge >= 0.3 is 0 Å². The summed E-state index contributed by atoms with van der Waals surface area (Å²) >= 11 is 0. The van der Waals surface area contributed by atoms with E-state index in [0.29, 0.717) is 18.9 Å². The Bertz CT molecular complexity index is 287. The van der Waals surface area contributed by atoms with E-state index < -0.39 is 0 Å². The fourth-order valence-corrected chi connectivity index (χ4v) is 1.27. The molecule has 0 saturated carbocycles. The molecule has 0 aliphatic carbocycles. The molecule has 14 heavy (non-hydrogen) atoms. The first-order chi connectivity index (χ1) is 6.65. The van der Waals surface area contributed by atoms with Crippen molar-refractivity contribution < 1.29 is 9.84 Å². The molecule has 3 nitrogen and oxygen atoms in total. The number of benzene rings is 1. The van der Waals surface area contributed by atoms with E-state index in [9.17, 15) is 5.11 Å².